The molecular formula is C13H8F3NO4S. The minimum absolute atomic E-state index is 0.317. The summed E-state index contributed by atoms with van der Waals surface area (Å²) in [6.45, 7) is 0. The molecule has 0 amide bonds. The normalized spacial score (nSPS) is 12.1. The smallest absolute Gasteiger partial charge is 0.258 e. The van der Waals surface area contributed by atoms with Crippen LogP contribution in [0, 0.1) is 10.1 Å². The molecule has 0 aliphatic rings. The zero-order valence-corrected chi connectivity index (χ0v) is 11.6. The van der Waals surface area contributed by atoms with Crippen LogP contribution in [-0.2, 0) is 16.0 Å². The summed E-state index contributed by atoms with van der Waals surface area (Å²) in [6.07, 6.45) is -4.67. The minimum atomic E-state index is -4.67. The predicted octanol–water partition coefficient (Wildman–Crippen LogP) is 3.45. The summed E-state index contributed by atoms with van der Waals surface area (Å²) in [4.78, 5) is 8.96. The molecule has 0 bridgehead atoms. The van der Waals surface area contributed by atoms with Gasteiger partial charge in [0.25, 0.3) is 5.69 Å². The lowest BCUT2D eigenvalue weighted by Crippen LogP contribution is -2.08. The van der Waals surface area contributed by atoms with Crippen LogP contribution in [0.1, 0.15) is 5.56 Å². The largest absolute Gasteiger partial charge is 0.416 e. The molecule has 116 valence electrons. The van der Waals surface area contributed by atoms with Crippen molar-refractivity contribution in [3.05, 3.63) is 64.2 Å². The van der Waals surface area contributed by atoms with Gasteiger partial charge in [0.2, 0.25) is 9.84 Å². The third-order valence-corrected chi connectivity index (χ3v) is 4.60. The zero-order chi connectivity index (χ0) is 16.5. The molecular weight excluding hydrogens is 323 g/mol. The number of non-ortho nitro benzene ring substituents is 1. The molecule has 0 aliphatic heterocycles. The number of halogens is 3. The predicted molar refractivity (Wildman–Crippen MR) is 70.0 cm³/mol. The third kappa shape index (κ3) is 3.08. The summed E-state index contributed by atoms with van der Waals surface area (Å²) < 4.78 is 62.4. The summed E-state index contributed by atoms with van der Waals surface area (Å²) in [7, 11) is -4.19. The number of benzene rings is 2. The van der Waals surface area contributed by atoms with Crippen LogP contribution in [0.5, 0.6) is 0 Å². The van der Waals surface area contributed by atoms with Gasteiger partial charge >= 0.3 is 6.18 Å². The van der Waals surface area contributed by atoms with Crippen LogP contribution in [0.25, 0.3) is 0 Å². The molecule has 0 saturated carbocycles. The summed E-state index contributed by atoms with van der Waals surface area (Å²) in [6, 6.07) is 7.21. The van der Waals surface area contributed by atoms with Crippen LogP contribution in [0.4, 0.5) is 18.9 Å². The Morgan fingerprint density at radius 1 is 0.955 bits per heavy atom. The van der Waals surface area contributed by atoms with Gasteiger partial charge in [-0.15, -0.1) is 0 Å². The molecule has 0 unspecified atom stereocenters. The van der Waals surface area contributed by atoms with E-state index in [-0.39, 0.29) is 10.6 Å². The van der Waals surface area contributed by atoms with Crippen LogP contribution < -0.4 is 0 Å². The molecule has 9 heteroatoms. The van der Waals surface area contributed by atoms with Gasteiger partial charge in [0, 0.05) is 12.1 Å². The number of hydrogen-bond acceptors (Lipinski definition) is 4. The first-order chi connectivity index (χ1) is 10.1. The minimum Gasteiger partial charge on any atom is -0.258 e. The molecule has 0 aromatic heterocycles. The Balaban J connectivity index is 2.49. The van der Waals surface area contributed by atoms with Crippen molar-refractivity contribution in [3.63, 3.8) is 0 Å². The Bertz CT molecular complexity index is 814. The van der Waals surface area contributed by atoms with E-state index in [9.17, 15) is 31.7 Å². The molecule has 0 atom stereocenters. The lowest BCUT2D eigenvalue weighted by atomic mass is 10.2. The van der Waals surface area contributed by atoms with Crippen molar-refractivity contribution in [2.45, 2.75) is 16.0 Å². The van der Waals surface area contributed by atoms with Gasteiger partial charge in [0.05, 0.1) is 20.3 Å². The molecule has 5 nitrogen and oxygen atoms in total. The fourth-order valence-corrected chi connectivity index (χ4v) is 3.03. The Morgan fingerprint density at radius 3 is 2.05 bits per heavy atom. The van der Waals surface area contributed by atoms with Crippen LogP contribution in [-0.4, -0.2) is 13.3 Å². The van der Waals surface area contributed by atoms with E-state index < -0.39 is 31.4 Å². The van der Waals surface area contributed by atoms with Crippen molar-refractivity contribution in [1.29, 1.82) is 0 Å². The SMILES string of the molecule is O=[N+]([O-])c1ccc(S(=O)(=O)c2cccc(C(F)(F)F)c2)cc1. The fourth-order valence-electron chi connectivity index (χ4n) is 1.72. The second-order valence-corrected chi connectivity index (χ2v) is 6.23. The molecule has 2 aromatic carbocycles. The van der Waals surface area contributed by atoms with E-state index in [2.05, 4.69) is 0 Å². The van der Waals surface area contributed by atoms with Gasteiger partial charge in [-0.25, -0.2) is 8.42 Å². The van der Waals surface area contributed by atoms with Crippen LogP contribution in [0.3, 0.4) is 0 Å². The van der Waals surface area contributed by atoms with Crippen molar-refractivity contribution < 1.29 is 26.5 Å². The molecule has 0 aliphatic carbocycles. The Kier molecular flexibility index (Phi) is 3.92. The van der Waals surface area contributed by atoms with Crippen molar-refractivity contribution in [2.24, 2.45) is 0 Å². The highest BCUT2D eigenvalue weighted by Crippen LogP contribution is 2.32. The molecule has 0 N–H and O–H groups in total. The maximum Gasteiger partial charge on any atom is 0.416 e. The van der Waals surface area contributed by atoms with E-state index in [1.807, 2.05) is 0 Å². The molecule has 0 radical (unpaired) electrons. The molecule has 0 heterocycles. The number of nitrogens with zero attached hydrogens (tertiary/aromatic N) is 1. The van der Waals surface area contributed by atoms with Crippen molar-refractivity contribution >= 4 is 15.5 Å². The number of hydrogen-bond donors (Lipinski definition) is 0. The van der Waals surface area contributed by atoms with Gasteiger partial charge in [-0.3, -0.25) is 10.1 Å². The first-order valence-corrected chi connectivity index (χ1v) is 7.27. The van der Waals surface area contributed by atoms with E-state index in [4.69, 9.17) is 0 Å². The molecule has 22 heavy (non-hydrogen) atoms. The molecule has 2 aromatic rings. The number of nitro groups is 1. The average Bonchev–Trinajstić information content (AvgIpc) is 2.46. The summed E-state index contributed by atoms with van der Waals surface area (Å²) >= 11 is 0. The highest BCUT2D eigenvalue weighted by Gasteiger charge is 2.32. The summed E-state index contributed by atoms with van der Waals surface area (Å²) in [5, 5.41) is 10.5. The van der Waals surface area contributed by atoms with Crippen molar-refractivity contribution in [3.8, 4) is 0 Å². The number of sulfone groups is 1. The Morgan fingerprint density at radius 2 is 1.55 bits per heavy atom. The number of rotatable bonds is 3. The van der Waals surface area contributed by atoms with Crippen molar-refractivity contribution in [1.82, 2.24) is 0 Å². The average molecular weight is 331 g/mol. The van der Waals surface area contributed by atoms with Gasteiger partial charge in [0.15, 0.2) is 0 Å². The molecule has 0 fully saturated rings. The summed E-state index contributed by atoms with van der Waals surface area (Å²) in [5.74, 6) is 0. The fraction of sp³-hybridized carbons (Fsp3) is 0.0769. The Labute approximate surface area is 123 Å². The Hall–Kier alpha value is -2.42. The van der Waals surface area contributed by atoms with E-state index >= 15 is 0 Å². The standard InChI is InChI=1S/C13H8F3NO4S/c14-13(15,16)9-2-1-3-12(8-9)22(20,21)11-6-4-10(5-7-11)17(18)19/h1-8H. The quantitative estimate of drug-likeness (QED) is 0.637. The lowest BCUT2D eigenvalue weighted by Gasteiger charge is -2.09. The second kappa shape index (κ2) is 5.41. The first-order valence-electron chi connectivity index (χ1n) is 5.79. The third-order valence-electron chi connectivity index (χ3n) is 2.83. The zero-order valence-electron chi connectivity index (χ0n) is 10.7. The molecule has 2 rings (SSSR count). The van der Waals surface area contributed by atoms with E-state index in [0.29, 0.717) is 6.07 Å². The van der Waals surface area contributed by atoms with Crippen LogP contribution >= 0.6 is 0 Å². The van der Waals surface area contributed by atoms with Gasteiger partial charge in [-0.1, -0.05) is 6.07 Å². The topological polar surface area (TPSA) is 77.3 Å². The van der Waals surface area contributed by atoms with Gasteiger partial charge < -0.3 is 0 Å². The van der Waals surface area contributed by atoms with E-state index in [0.717, 1.165) is 42.5 Å². The van der Waals surface area contributed by atoms with Gasteiger partial charge in [-0.05, 0) is 30.3 Å². The molecule has 0 saturated heterocycles. The van der Waals surface area contributed by atoms with Crippen LogP contribution in [0.15, 0.2) is 58.3 Å². The maximum absolute atomic E-state index is 12.6. The van der Waals surface area contributed by atoms with Gasteiger partial charge in [-0.2, -0.15) is 13.2 Å². The monoisotopic (exact) mass is 331 g/mol. The van der Waals surface area contributed by atoms with E-state index in [1.165, 1.54) is 0 Å². The van der Waals surface area contributed by atoms with Crippen LogP contribution in [0.2, 0.25) is 0 Å². The maximum atomic E-state index is 12.6. The highest BCUT2D eigenvalue weighted by molar-refractivity contribution is 7.91. The molecule has 0 spiro atoms. The first kappa shape index (κ1) is 16.0. The summed E-state index contributed by atoms with van der Waals surface area (Å²) in [5.41, 5.74) is -1.40. The lowest BCUT2D eigenvalue weighted by molar-refractivity contribution is -0.384. The van der Waals surface area contributed by atoms with Crippen molar-refractivity contribution in [2.75, 3.05) is 0 Å². The van der Waals surface area contributed by atoms with E-state index in [1.54, 1.807) is 0 Å². The number of nitro benzene ring substituents is 1. The van der Waals surface area contributed by atoms with Gasteiger partial charge in [0.1, 0.15) is 0 Å². The highest BCUT2D eigenvalue weighted by atomic mass is 32.2. The number of alkyl halides is 3. The second-order valence-electron chi connectivity index (χ2n) is 4.28.